The van der Waals surface area contributed by atoms with Crippen molar-refractivity contribution in [2.24, 2.45) is 0 Å². The van der Waals surface area contributed by atoms with Crippen molar-refractivity contribution >= 4 is 34.1 Å². The second-order valence-corrected chi connectivity index (χ2v) is 7.70. The number of hydrogen-bond donors (Lipinski definition) is 2. The number of halogens is 1. The van der Waals surface area contributed by atoms with E-state index in [0.717, 1.165) is 42.5 Å². The molecule has 0 bridgehead atoms. The van der Waals surface area contributed by atoms with Gasteiger partial charge in [0.2, 0.25) is 0 Å². The highest BCUT2D eigenvalue weighted by atomic mass is 35.5. The number of benzene rings is 2. The van der Waals surface area contributed by atoms with Gasteiger partial charge in [-0.2, -0.15) is 0 Å². The lowest BCUT2D eigenvalue weighted by Gasteiger charge is -2.42. The summed E-state index contributed by atoms with van der Waals surface area (Å²) in [4.78, 5) is 19.6. The first-order valence-corrected chi connectivity index (χ1v) is 10.5. The molecular weight excluding hydrogens is 384 g/mol. The summed E-state index contributed by atoms with van der Waals surface area (Å²) in [6.45, 7) is 4.03. The van der Waals surface area contributed by atoms with Crippen LogP contribution in [0.5, 0.6) is 0 Å². The zero-order valence-corrected chi connectivity index (χ0v) is 17.2. The first-order chi connectivity index (χ1) is 14.2. The van der Waals surface area contributed by atoms with Crippen molar-refractivity contribution in [1.82, 2.24) is 15.2 Å². The van der Waals surface area contributed by atoms with Crippen molar-refractivity contribution in [1.29, 1.82) is 0 Å². The molecule has 2 N–H and O–H groups in total. The molecule has 150 valence electrons. The van der Waals surface area contributed by atoms with Crippen molar-refractivity contribution in [2.75, 3.05) is 18.4 Å². The number of piperidine rings is 1. The number of nitrogens with zero attached hydrogens (tertiary/aromatic N) is 2. The number of rotatable bonds is 5. The lowest BCUT2D eigenvalue weighted by molar-refractivity contribution is 0.0851. The van der Waals surface area contributed by atoms with Gasteiger partial charge in [0, 0.05) is 23.2 Å². The largest absolute Gasteiger partial charge is 0.367 e. The number of para-hydroxylation sites is 1. The SMILES string of the molecule is CCN1CCCC(NC(=O)c2ccccc2)C1Nc1cc(Cl)nc2ccccc12. The summed E-state index contributed by atoms with van der Waals surface area (Å²) in [5.74, 6) is -0.0435. The van der Waals surface area contributed by atoms with Crippen LogP contribution in [0, 0.1) is 0 Å². The summed E-state index contributed by atoms with van der Waals surface area (Å²) < 4.78 is 0. The summed E-state index contributed by atoms with van der Waals surface area (Å²) in [6.07, 6.45) is 1.94. The third kappa shape index (κ3) is 4.36. The Kier molecular flexibility index (Phi) is 5.97. The van der Waals surface area contributed by atoms with Crippen LogP contribution in [0.15, 0.2) is 60.7 Å². The Morgan fingerprint density at radius 2 is 1.93 bits per heavy atom. The fourth-order valence-electron chi connectivity index (χ4n) is 4.03. The molecule has 0 aliphatic carbocycles. The number of hydrogen-bond acceptors (Lipinski definition) is 4. The number of carbonyl (C=O) groups excluding carboxylic acids is 1. The topological polar surface area (TPSA) is 57.3 Å². The summed E-state index contributed by atoms with van der Waals surface area (Å²) in [6, 6.07) is 19.2. The summed E-state index contributed by atoms with van der Waals surface area (Å²) in [7, 11) is 0. The monoisotopic (exact) mass is 408 g/mol. The molecule has 4 rings (SSSR count). The van der Waals surface area contributed by atoms with Gasteiger partial charge >= 0.3 is 0 Å². The van der Waals surface area contributed by atoms with Gasteiger partial charge in [-0.15, -0.1) is 0 Å². The molecule has 2 heterocycles. The van der Waals surface area contributed by atoms with Gasteiger partial charge in [0.05, 0.1) is 11.6 Å². The number of likely N-dealkylation sites (tertiary alicyclic amines) is 1. The number of likely N-dealkylation sites (N-methyl/N-ethyl adjacent to an activating group) is 1. The first kappa shape index (κ1) is 19.7. The molecule has 3 aromatic rings. The smallest absolute Gasteiger partial charge is 0.251 e. The van der Waals surface area contributed by atoms with E-state index in [-0.39, 0.29) is 18.1 Å². The maximum atomic E-state index is 12.8. The van der Waals surface area contributed by atoms with E-state index < -0.39 is 0 Å². The number of nitrogens with one attached hydrogen (secondary N) is 2. The van der Waals surface area contributed by atoms with Crippen LogP contribution in [-0.2, 0) is 0 Å². The Bertz CT molecular complexity index is 995. The van der Waals surface area contributed by atoms with Crippen molar-refractivity contribution in [2.45, 2.75) is 32.0 Å². The van der Waals surface area contributed by atoms with Crippen LogP contribution >= 0.6 is 11.6 Å². The molecule has 29 heavy (non-hydrogen) atoms. The summed E-state index contributed by atoms with van der Waals surface area (Å²) in [5, 5.41) is 8.37. The number of fused-ring (bicyclic) bond motifs is 1. The molecule has 0 spiro atoms. The Hall–Kier alpha value is -2.63. The molecular formula is C23H25ClN4O. The predicted molar refractivity (Wildman–Crippen MR) is 118 cm³/mol. The standard InChI is InChI=1S/C23H25ClN4O/c1-2-28-14-8-13-19(27-23(29)16-9-4-3-5-10-16)22(28)26-20-15-21(24)25-18-12-7-6-11-17(18)20/h3-7,9-12,15,19,22H,2,8,13-14H2,1H3,(H,25,26)(H,27,29). The molecule has 0 saturated carbocycles. The highest BCUT2D eigenvalue weighted by Gasteiger charge is 2.32. The van der Waals surface area contributed by atoms with Gasteiger partial charge in [0.25, 0.3) is 5.91 Å². The van der Waals surface area contributed by atoms with Crippen molar-refractivity contribution in [3.8, 4) is 0 Å². The predicted octanol–water partition coefficient (Wildman–Crippen LogP) is 4.54. The van der Waals surface area contributed by atoms with Crippen molar-refractivity contribution in [3.63, 3.8) is 0 Å². The molecule has 5 nitrogen and oxygen atoms in total. The maximum absolute atomic E-state index is 12.8. The third-order valence-electron chi connectivity index (χ3n) is 5.48. The van der Waals surface area contributed by atoms with Gasteiger partial charge in [0.15, 0.2) is 0 Å². The zero-order valence-electron chi connectivity index (χ0n) is 16.4. The van der Waals surface area contributed by atoms with E-state index in [2.05, 4.69) is 27.4 Å². The summed E-state index contributed by atoms with van der Waals surface area (Å²) in [5.41, 5.74) is 2.47. The number of pyridine rings is 1. The van der Waals surface area contributed by atoms with Crippen LogP contribution in [0.25, 0.3) is 10.9 Å². The minimum absolute atomic E-state index is 0.0119. The van der Waals surface area contributed by atoms with Crippen LogP contribution in [0.2, 0.25) is 5.15 Å². The number of amides is 1. The fraction of sp³-hybridized carbons (Fsp3) is 0.304. The second-order valence-electron chi connectivity index (χ2n) is 7.32. The van der Waals surface area contributed by atoms with E-state index in [1.807, 2.05) is 60.7 Å². The number of carbonyl (C=O) groups is 1. The minimum Gasteiger partial charge on any atom is -0.367 e. The second kappa shape index (κ2) is 8.80. The number of anilines is 1. The fourth-order valence-corrected chi connectivity index (χ4v) is 4.23. The van der Waals surface area contributed by atoms with E-state index in [0.29, 0.717) is 10.7 Å². The Labute approximate surface area is 176 Å². The lowest BCUT2D eigenvalue weighted by Crippen LogP contribution is -2.58. The Morgan fingerprint density at radius 3 is 2.72 bits per heavy atom. The highest BCUT2D eigenvalue weighted by molar-refractivity contribution is 6.30. The molecule has 1 aliphatic rings. The first-order valence-electron chi connectivity index (χ1n) is 10.1. The van der Waals surface area contributed by atoms with Gasteiger partial charge in [-0.05, 0) is 43.7 Å². The summed E-state index contributed by atoms with van der Waals surface area (Å²) >= 11 is 6.28. The Balaban J connectivity index is 1.62. The van der Waals surface area contributed by atoms with Crippen LogP contribution in [-0.4, -0.2) is 41.1 Å². The molecule has 0 radical (unpaired) electrons. The molecule has 2 aromatic carbocycles. The zero-order chi connectivity index (χ0) is 20.2. The van der Waals surface area contributed by atoms with Crippen LogP contribution in [0.3, 0.4) is 0 Å². The van der Waals surface area contributed by atoms with E-state index in [4.69, 9.17) is 11.6 Å². The van der Waals surface area contributed by atoms with E-state index in [9.17, 15) is 4.79 Å². The maximum Gasteiger partial charge on any atom is 0.251 e. The highest BCUT2D eigenvalue weighted by Crippen LogP contribution is 2.28. The number of aromatic nitrogens is 1. The molecule has 1 aromatic heterocycles. The lowest BCUT2D eigenvalue weighted by atomic mass is 10.00. The van der Waals surface area contributed by atoms with Crippen LogP contribution in [0.1, 0.15) is 30.1 Å². The minimum atomic E-state index is -0.0435. The van der Waals surface area contributed by atoms with Crippen LogP contribution in [0.4, 0.5) is 5.69 Å². The van der Waals surface area contributed by atoms with Gasteiger partial charge in [-0.25, -0.2) is 4.98 Å². The van der Waals surface area contributed by atoms with E-state index >= 15 is 0 Å². The molecule has 1 saturated heterocycles. The third-order valence-corrected chi connectivity index (χ3v) is 5.68. The molecule has 2 unspecified atom stereocenters. The van der Waals surface area contributed by atoms with Gasteiger partial charge in [-0.3, -0.25) is 9.69 Å². The average molecular weight is 409 g/mol. The Morgan fingerprint density at radius 1 is 1.17 bits per heavy atom. The van der Waals surface area contributed by atoms with Crippen molar-refractivity contribution < 1.29 is 4.79 Å². The normalized spacial score (nSPS) is 19.8. The molecule has 2 atom stereocenters. The van der Waals surface area contributed by atoms with Gasteiger partial charge < -0.3 is 10.6 Å². The van der Waals surface area contributed by atoms with Crippen LogP contribution < -0.4 is 10.6 Å². The molecule has 6 heteroatoms. The quantitative estimate of drug-likeness (QED) is 0.608. The molecule has 1 fully saturated rings. The van der Waals surface area contributed by atoms with Gasteiger partial charge in [0.1, 0.15) is 11.3 Å². The van der Waals surface area contributed by atoms with E-state index in [1.165, 1.54) is 0 Å². The molecule has 1 aliphatic heterocycles. The molecule has 1 amide bonds. The van der Waals surface area contributed by atoms with E-state index in [1.54, 1.807) is 0 Å². The van der Waals surface area contributed by atoms with Crippen molar-refractivity contribution in [3.05, 3.63) is 71.4 Å². The van der Waals surface area contributed by atoms with Gasteiger partial charge in [-0.1, -0.05) is 54.9 Å². The average Bonchev–Trinajstić information content (AvgIpc) is 2.75.